The molecule has 0 aliphatic carbocycles. The average Bonchev–Trinajstić information content (AvgIpc) is 2.95. The number of nitrogens with zero attached hydrogens (tertiary/aromatic N) is 3. The Morgan fingerprint density at radius 2 is 2.15 bits per heavy atom. The summed E-state index contributed by atoms with van der Waals surface area (Å²) in [6.07, 6.45) is 1.66. The maximum atomic E-state index is 11.1. The summed E-state index contributed by atoms with van der Waals surface area (Å²) in [4.78, 5) is 15.2. The van der Waals surface area contributed by atoms with Crippen molar-refractivity contribution in [1.82, 2.24) is 20.4 Å². The van der Waals surface area contributed by atoms with E-state index in [0.717, 1.165) is 10.8 Å². The van der Waals surface area contributed by atoms with E-state index in [1.54, 1.807) is 25.4 Å². The summed E-state index contributed by atoms with van der Waals surface area (Å²) in [5.41, 5.74) is 0.927. The van der Waals surface area contributed by atoms with Gasteiger partial charge in [-0.3, -0.25) is 5.10 Å². The number of pyridine rings is 1. The molecule has 7 nitrogen and oxygen atoms in total. The topological polar surface area (TPSA) is 101 Å². The van der Waals surface area contributed by atoms with Crippen LogP contribution in [0.3, 0.4) is 0 Å². The van der Waals surface area contributed by atoms with E-state index >= 15 is 0 Å². The molecule has 0 bridgehead atoms. The quantitative estimate of drug-likeness (QED) is 0.751. The average molecular weight is 270 g/mol. The number of carbonyl (C=O) groups is 1. The summed E-state index contributed by atoms with van der Waals surface area (Å²) >= 11 is 0. The first-order valence-corrected chi connectivity index (χ1v) is 5.77. The predicted molar refractivity (Wildman–Crippen MR) is 70.6 cm³/mol. The number of H-pyrrole nitrogens is 1. The second kappa shape index (κ2) is 4.61. The van der Waals surface area contributed by atoms with Gasteiger partial charge in [-0.05, 0) is 11.5 Å². The van der Waals surface area contributed by atoms with Crippen molar-refractivity contribution in [2.45, 2.75) is 0 Å². The van der Waals surface area contributed by atoms with E-state index in [1.807, 2.05) is 12.1 Å². The second-order valence-electron chi connectivity index (χ2n) is 4.13. The summed E-state index contributed by atoms with van der Waals surface area (Å²) in [5.74, 6) is -0.573. The Morgan fingerprint density at radius 1 is 1.30 bits per heavy atom. The number of methoxy groups -OCH3 is 1. The molecule has 7 heteroatoms. The third kappa shape index (κ3) is 1.95. The lowest BCUT2D eigenvalue weighted by Crippen LogP contribution is -1.99. The van der Waals surface area contributed by atoms with Crippen LogP contribution in [-0.4, -0.2) is 38.6 Å². The van der Waals surface area contributed by atoms with E-state index in [2.05, 4.69) is 20.4 Å². The molecule has 0 saturated heterocycles. The highest BCUT2D eigenvalue weighted by molar-refractivity contribution is 5.94. The molecule has 0 saturated carbocycles. The van der Waals surface area contributed by atoms with Crippen LogP contribution in [0.15, 0.2) is 30.5 Å². The van der Waals surface area contributed by atoms with Crippen molar-refractivity contribution < 1.29 is 14.6 Å². The van der Waals surface area contributed by atoms with Crippen LogP contribution in [0, 0.1) is 0 Å². The van der Waals surface area contributed by atoms with Crippen molar-refractivity contribution in [3.05, 3.63) is 36.2 Å². The number of aromatic amines is 1. The molecular weight excluding hydrogens is 260 g/mol. The minimum atomic E-state index is -1.10. The van der Waals surface area contributed by atoms with Crippen molar-refractivity contribution >= 4 is 16.7 Å². The van der Waals surface area contributed by atoms with Crippen LogP contribution in [0.25, 0.3) is 22.0 Å². The lowest BCUT2D eigenvalue weighted by molar-refractivity contribution is 0.0691. The molecule has 0 atom stereocenters. The van der Waals surface area contributed by atoms with Gasteiger partial charge in [0.25, 0.3) is 0 Å². The summed E-state index contributed by atoms with van der Waals surface area (Å²) in [6.45, 7) is 0. The van der Waals surface area contributed by atoms with Crippen LogP contribution >= 0.6 is 0 Å². The molecule has 2 heterocycles. The molecule has 0 aliphatic rings. The fraction of sp³-hybridized carbons (Fsp3) is 0.0769. The van der Waals surface area contributed by atoms with E-state index in [1.165, 1.54) is 0 Å². The molecular formula is C13H10N4O3. The van der Waals surface area contributed by atoms with E-state index in [9.17, 15) is 4.79 Å². The van der Waals surface area contributed by atoms with Crippen molar-refractivity contribution in [2.24, 2.45) is 0 Å². The van der Waals surface area contributed by atoms with Crippen molar-refractivity contribution in [1.29, 1.82) is 0 Å². The van der Waals surface area contributed by atoms with Gasteiger partial charge in [0.15, 0.2) is 5.69 Å². The summed E-state index contributed by atoms with van der Waals surface area (Å²) < 4.78 is 5.06. The number of carboxylic acid groups (broad SMARTS) is 1. The molecule has 2 N–H and O–H groups in total. The zero-order valence-electron chi connectivity index (χ0n) is 10.5. The molecule has 0 amide bonds. The first kappa shape index (κ1) is 12.1. The van der Waals surface area contributed by atoms with Gasteiger partial charge in [0.1, 0.15) is 5.69 Å². The molecule has 0 spiro atoms. The minimum Gasteiger partial charge on any atom is -0.481 e. The van der Waals surface area contributed by atoms with E-state index in [-0.39, 0.29) is 5.69 Å². The van der Waals surface area contributed by atoms with Crippen molar-refractivity contribution in [2.75, 3.05) is 7.11 Å². The number of nitrogens with one attached hydrogen (secondary N) is 1. The molecule has 1 aromatic carbocycles. The first-order chi connectivity index (χ1) is 9.69. The van der Waals surface area contributed by atoms with Gasteiger partial charge in [-0.25, -0.2) is 9.78 Å². The van der Waals surface area contributed by atoms with Crippen LogP contribution in [-0.2, 0) is 0 Å². The highest BCUT2D eigenvalue weighted by Gasteiger charge is 2.16. The number of carboxylic acids is 1. The molecule has 0 fully saturated rings. The third-order valence-corrected chi connectivity index (χ3v) is 2.94. The molecule has 0 unspecified atom stereocenters. The number of ether oxygens (including phenoxy) is 1. The molecule has 0 radical (unpaired) electrons. The number of fused-ring (bicyclic) bond motifs is 1. The van der Waals surface area contributed by atoms with Crippen molar-refractivity contribution in [3.63, 3.8) is 0 Å². The molecule has 3 rings (SSSR count). The minimum absolute atomic E-state index is 0.0363. The number of rotatable bonds is 3. The Hall–Kier alpha value is -2.96. The lowest BCUT2D eigenvalue weighted by atomic mass is 10.1. The Morgan fingerprint density at radius 3 is 2.90 bits per heavy atom. The lowest BCUT2D eigenvalue weighted by Gasteiger charge is -2.03. The first-order valence-electron chi connectivity index (χ1n) is 5.77. The largest absolute Gasteiger partial charge is 0.481 e. The number of hydrogen-bond donors (Lipinski definition) is 2. The Labute approximate surface area is 113 Å². The van der Waals surface area contributed by atoms with Gasteiger partial charge >= 0.3 is 5.97 Å². The zero-order chi connectivity index (χ0) is 14.1. The zero-order valence-corrected chi connectivity index (χ0v) is 10.5. The summed E-state index contributed by atoms with van der Waals surface area (Å²) in [6, 6.07) is 7.26. The third-order valence-electron chi connectivity index (χ3n) is 2.94. The van der Waals surface area contributed by atoms with Crippen LogP contribution in [0.4, 0.5) is 0 Å². The van der Waals surface area contributed by atoms with Gasteiger partial charge in [0, 0.05) is 23.2 Å². The Kier molecular flexibility index (Phi) is 2.79. The number of aromatic carboxylic acids is 1. The number of benzene rings is 1. The molecule has 100 valence electrons. The summed E-state index contributed by atoms with van der Waals surface area (Å²) in [5, 5.41) is 20.6. The highest BCUT2D eigenvalue weighted by Crippen LogP contribution is 2.25. The number of aromatic nitrogens is 4. The van der Waals surface area contributed by atoms with E-state index in [0.29, 0.717) is 17.1 Å². The van der Waals surface area contributed by atoms with E-state index in [4.69, 9.17) is 9.84 Å². The number of hydrogen-bond acceptors (Lipinski definition) is 5. The van der Waals surface area contributed by atoms with Crippen LogP contribution in [0.5, 0.6) is 5.88 Å². The predicted octanol–water partition coefficient (Wildman–Crippen LogP) is 1.73. The Balaban J connectivity index is 2.13. The fourth-order valence-electron chi connectivity index (χ4n) is 1.96. The molecule has 3 aromatic rings. The standard InChI is InChI=1S/C13H10N4O3/c1-20-10-5-7-2-3-8(4-9(7)6-14-10)11-12(13(18)19)16-17-15-11/h2-6H,1H3,(H,18,19)(H,15,16,17). The molecule has 20 heavy (non-hydrogen) atoms. The van der Waals surface area contributed by atoms with Gasteiger partial charge in [-0.1, -0.05) is 17.3 Å². The van der Waals surface area contributed by atoms with Gasteiger partial charge in [0.2, 0.25) is 5.88 Å². The van der Waals surface area contributed by atoms with Gasteiger partial charge in [0.05, 0.1) is 7.11 Å². The van der Waals surface area contributed by atoms with Crippen LogP contribution in [0.1, 0.15) is 10.5 Å². The smallest absolute Gasteiger partial charge is 0.356 e. The maximum Gasteiger partial charge on any atom is 0.356 e. The monoisotopic (exact) mass is 270 g/mol. The summed E-state index contributed by atoms with van der Waals surface area (Å²) in [7, 11) is 1.55. The SMILES string of the molecule is COc1cc2ccc(-c3nn[nH]c3C(=O)O)cc2cn1. The van der Waals surface area contributed by atoms with Crippen LogP contribution in [0.2, 0.25) is 0 Å². The van der Waals surface area contributed by atoms with Gasteiger partial charge in [-0.2, -0.15) is 0 Å². The normalized spacial score (nSPS) is 10.7. The van der Waals surface area contributed by atoms with Gasteiger partial charge in [-0.15, -0.1) is 5.10 Å². The second-order valence-corrected chi connectivity index (χ2v) is 4.13. The van der Waals surface area contributed by atoms with E-state index < -0.39 is 5.97 Å². The molecule has 0 aliphatic heterocycles. The van der Waals surface area contributed by atoms with Crippen molar-refractivity contribution in [3.8, 4) is 17.1 Å². The Bertz CT molecular complexity index is 797. The fourth-order valence-corrected chi connectivity index (χ4v) is 1.96. The maximum absolute atomic E-state index is 11.1. The highest BCUT2D eigenvalue weighted by atomic mass is 16.5. The van der Waals surface area contributed by atoms with Crippen LogP contribution < -0.4 is 4.74 Å². The molecule has 2 aromatic heterocycles. The van der Waals surface area contributed by atoms with Gasteiger partial charge < -0.3 is 9.84 Å².